The Kier molecular flexibility index (Phi) is 4.57. The number of rotatable bonds is 5. The van der Waals surface area contributed by atoms with E-state index in [9.17, 15) is 14.4 Å². The minimum Gasteiger partial charge on any atom is -0.376 e. The van der Waals surface area contributed by atoms with Crippen molar-refractivity contribution in [2.45, 2.75) is 25.4 Å². The summed E-state index contributed by atoms with van der Waals surface area (Å²) in [5.74, 6) is -0.771. The Labute approximate surface area is 154 Å². The largest absolute Gasteiger partial charge is 0.376 e. The van der Waals surface area contributed by atoms with Crippen LogP contribution >= 0.6 is 11.3 Å². The van der Waals surface area contributed by atoms with Crippen LogP contribution in [-0.2, 0) is 16.0 Å². The van der Waals surface area contributed by atoms with Gasteiger partial charge in [-0.05, 0) is 42.5 Å². The number of anilines is 1. The molecule has 4 rings (SSSR count). The van der Waals surface area contributed by atoms with Crippen LogP contribution in [0.2, 0.25) is 0 Å². The van der Waals surface area contributed by atoms with Crippen molar-refractivity contribution in [2.24, 2.45) is 0 Å². The Balaban J connectivity index is 1.47. The van der Waals surface area contributed by atoms with Gasteiger partial charge in [0.15, 0.2) is 0 Å². The predicted octanol–water partition coefficient (Wildman–Crippen LogP) is 2.70. The van der Waals surface area contributed by atoms with Crippen molar-refractivity contribution in [3.05, 3.63) is 51.7 Å². The molecule has 1 saturated heterocycles. The minimum absolute atomic E-state index is 0.0813. The fourth-order valence-electron chi connectivity index (χ4n) is 3.30. The summed E-state index contributed by atoms with van der Waals surface area (Å²) in [7, 11) is 0. The second-order valence-electron chi connectivity index (χ2n) is 6.42. The highest BCUT2D eigenvalue weighted by molar-refractivity contribution is 7.10. The lowest BCUT2D eigenvalue weighted by molar-refractivity contribution is -0.115. The van der Waals surface area contributed by atoms with Crippen LogP contribution in [0.15, 0.2) is 35.7 Å². The number of fused-ring (bicyclic) bond motifs is 1. The second kappa shape index (κ2) is 7.01. The quantitative estimate of drug-likeness (QED) is 0.821. The third kappa shape index (κ3) is 3.27. The Morgan fingerprint density at radius 2 is 2.08 bits per heavy atom. The molecule has 1 aromatic carbocycles. The number of hydrogen-bond donors (Lipinski definition) is 1. The highest BCUT2D eigenvalue weighted by atomic mass is 32.1. The van der Waals surface area contributed by atoms with Gasteiger partial charge in [-0.15, -0.1) is 11.3 Å². The monoisotopic (exact) mass is 370 g/mol. The summed E-state index contributed by atoms with van der Waals surface area (Å²) in [4.78, 5) is 39.5. The molecule has 2 aromatic rings. The van der Waals surface area contributed by atoms with Crippen molar-refractivity contribution < 1.29 is 19.1 Å². The van der Waals surface area contributed by atoms with Gasteiger partial charge in [0.25, 0.3) is 11.8 Å². The smallest absolute Gasteiger partial charge is 0.261 e. The average Bonchev–Trinajstić information content (AvgIpc) is 3.35. The molecule has 1 atom stereocenters. The first-order chi connectivity index (χ1) is 12.6. The zero-order valence-corrected chi connectivity index (χ0v) is 14.9. The van der Waals surface area contributed by atoms with Gasteiger partial charge in [-0.3, -0.25) is 19.3 Å². The van der Waals surface area contributed by atoms with E-state index in [-0.39, 0.29) is 36.8 Å². The van der Waals surface area contributed by atoms with Crippen molar-refractivity contribution in [2.75, 3.05) is 18.5 Å². The van der Waals surface area contributed by atoms with Gasteiger partial charge in [-0.25, -0.2) is 0 Å². The van der Waals surface area contributed by atoms with E-state index in [1.165, 1.54) is 16.2 Å². The van der Waals surface area contributed by atoms with E-state index in [1.54, 1.807) is 18.2 Å². The number of nitrogens with one attached hydrogen (secondary N) is 1. The second-order valence-corrected chi connectivity index (χ2v) is 7.45. The summed E-state index contributed by atoms with van der Waals surface area (Å²) >= 11 is 1.52. The Morgan fingerprint density at radius 3 is 2.81 bits per heavy atom. The first kappa shape index (κ1) is 16.9. The maximum absolute atomic E-state index is 12.6. The van der Waals surface area contributed by atoms with E-state index in [4.69, 9.17) is 4.74 Å². The van der Waals surface area contributed by atoms with Gasteiger partial charge in [-0.1, -0.05) is 6.07 Å². The molecule has 0 spiro atoms. The van der Waals surface area contributed by atoms with Crippen molar-refractivity contribution in [3.63, 3.8) is 0 Å². The highest BCUT2D eigenvalue weighted by Crippen LogP contribution is 2.27. The van der Waals surface area contributed by atoms with Crippen molar-refractivity contribution >= 4 is 34.7 Å². The molecule has 2 aliphatic rings. The van der Waals surface area contributed by atoms with Crippen LogP contribution in [0, 0.1) is 0 Å². The summed E-state index contributed by atoms with van der Waals surface area (Å²) < 4.78 is 5.53. The highest BCUT2D eigenvalue weighted by Gasteiger charge is 2.37. The first-order valence-corrected chi connectivity index (χ1v) is 9.44. The number of nitrogens with zero attached hydrogens (tertiary/aromatic N) is 1. The van der Waals surface area contributed by atoms with Crippen LogP contribution in [0.3, 0.4) is 0 Å². The Hall–Kier alpha value is -2.51. The Morgan fingerprint density at radius 1 is 1.23 bits per heavy atom. The summed E-state index contributed by atoms with van der Waals surface area (Å²) in [5.41, 5.74) is 1.23. The number of benzene rings is 1. The number of ether oxygens (including phenoxy) is 1. The normalized spacial score (nSPS) is 19.1. The SMILES string of the molecule is O=C(Cc1cccs1)Nc1ccc2c(c1)C(=O)N(C[C@@H]1CCCO1)C2=O. The van der Waals surface area contributed by atoms with Crippen LogP contribution < -0.4 is 5.32 Å². The molecule has 6 nitrogen and oxygen atoms in total. The standard InChI is InChI=1S/C19H18N2O4S/c22-17(10-14-4-2-8-26-14)20-12-5-6-15-16(9-12)19(24)21(18(15)23)11-13-3-1-7-25-13/h2,4-6,8-9,13H,1,3,7,10-11H2,(H,20,22)/t13-/m0/s1. The molecule has 3 heterocycles. The molecule has 134 valence electrons. The van der Waals surface area contributed by atoms with Gasteiger partial charge in [-0.2, -0.15) is 0 Å². The topological polar surface area (TPSA) is 75.7 Å². The third-order valence-corrected chi connectivity index (χ3v) is 5.46. The predicted molar refractivity (Wildman–Crippen MR) is 97.4 cm³/mol. The molecule has 2 aliphatic heterocycles. The van der Waals surface area contributed by atoms with Crippen LogP contribution in [0.4, 0.5) is 5.69 Å². The lowest BCUT2D eigenvalue weighted by Gasteiger charge is -2.17. The number of amides is 3. The van der Waals surface area contributed by atoms with Gasteiger partial charge in [0.05, 0.1) is 30.2 Å². The maximum Gasteiger partial charge on any atom is 0.261 e. The average molecular weight is 370 g/mol. The van der Waals surface area contributed by atoms with Crippen LogP contribution in [0.25, 0.3) is 0 Å². The molecule has 1 aromatic heterocycles. The minimum atomic E-state index is -0.324. The van der Waals surface area contributed by atoms with Crippen molar-refractivity contribution in [3.8, 4) is 0 Å². The van der Waals surface area contributed by atoms with Crippen LogP contribution in [0.1, 0.15) is 38.4 Å². The lowest BCUT2D eigenvalue weighted by Crippen LogP contribution is -2.36. The summed E-state index contributed by atoms with van der Waals surface area (Å²) in [6, 6.07) is 8.64. The van der Waals surface area contributed by atoms with Crippen molar-refractivity contribution in [1.29, 1.82) is 0 Å². The molecule has 0 bridgehead atoms. The van der Waals surface area contributed by atoms with E-state index >= 15 is 0 Å². The molecule has 1 N–H and O–H groups in total. The molecule has 3 amide bonds. The van der Waals surface area contributed by atoms with E-state index in [0.29, 0.717) is 23.4 Å². The first-order valence-electron chi connectivity index (χ1n) is 8.56. The third-order valence-electron chi connectivity index (χ3n) is 4.58. The van der Waals surface area contributed by atoms with Crippen molar-refractivity contribution in [1.82, 2.24) is 4.90 Å². The number of imide groups is 1. The van der Waals surface area contributed by atoms with Crippen LogP contribution in [0.5, 0.6) is 0 Å². The molecule has 0 unspecified atom stereocenters. The lowest BCUT2D eigenvalue weighted by atomic mass is 10.1. The van der Waals surface area contributed by atoms with E-state index in [1.807, 2.05) is 17.5 Å². The van der Waals surface area contributed by atoms with Gasteiger partial charge in [0.1, 0.15) is 0 Å². The van der Waals surface area contributed by atoms with Gasteiger partial charge < -0.3 is 10.1 Å². The van der Waals surface area contributed by atoms with E-state index < -0.39 is 0 Å². The Bertz CT molecular complexity index is 856. The molecule has 0 radical (unpaired) electrons. The van der Waals surface area contributed by atoms with Gasteiger partial charge in [0.2, 0.25) is 5.91 Å². The van der Waals surface area contributed by atoms with Crippen LogP contribution in [-0.4, -0.2) is 41.9 Å². The number of carbonyl (C=O) groups excluding carboxylic acids is 3. The van der Waals surface area contributed by atoms with Gasteiger partial charge in [0, 0.05) is 17.2 Å². The molecule has 1 fully saturated rings. The fourth-order valence-corrected chi connectivity index (χ4v) is 4.01. The van der Waals surface area contributed by atoms with E-state index in [0.717, 1.165) is 17.7 Å². The maximum atomic E-state index is 12.6. The molecule has 26 heavy (non-hydrogen) atoms. The number of carbonyl (C=O) groups is 3. The number of thiophene rings is 1. The molecule has 0 saturated carbocycles. The molecular weight excluding hydrogens is 352 g/mol. The summed E-state index contributed by atoms with van der Waals surface area (Å²) in [6.45, 7) is 0.959. The van der Waals surface area contributed by atoms with E-state index in [2.05, 4.69) is 5.32 Å². The zero-order valence-electron chi connectivity index (χ0n) is 14.1. The molecule has 7 heteroatoms. The summed E-state index contributed by atoms with van der Waals surface area (Å²) in [6.07, 6.45) is 2.01. The number of hydrogen-bond acceptors (Lipinski definition) is 5. The fraction of sp³-hybridized carbons (Fsp3) is 0.316. The molecular formula is C19H18N2O4S. The van der Waals surface area contributed by atoms with Gasteiger partial charge >= 0.3 is 0 Å². The summed E-state index contributed by atoms with van der Waals surface area (Å²) in [5, 5.41) is 4.72. The molecule has 0 aliphatic carbocycles. The zero-order chi connectivity index (χ0) is 18.1.